The van der Waals surface area contributed by atoms with Crippen LogP contribution in [-0.4, -0.2) is 54.2 Å². The predicted molar refractivity (Wildman–Crippen MR) is 108 cm³/mol. The number of amides is 2. The third-order valence-corrected chi connectivity index (χ3v) is 5.00. The summed E-state index contributed by atoms with van der Waals surface area (Å²) in [6, 6.07) is 0. The van der Waals surface area contributed by atoms with Crippen LogP contribution in [0.15, 0.2) is 0 Å². The van der Waals surface area contributed by atoms with E-state index in [0.717, 1.165) is 12.8 Å². The lowest BCUT2D eigenvalue weighted by Crippen LogP contribution is -2.51. The number of nitrogens with zero attached hydrogens (tertiary/aromatic N) is 1. The fourth-order valence-corrected chi connectivity index (χ4v) is 3.15. The van der Waals surface area contributed by atoms with Crippen LogP contribution in [0, 0.1) is 17.3 Å². The van der Waals surface area contributed by atoms with Crippen molar-refractivity contribution in [3.05, 3.63) is 0 Å². The molecule has 1 heterocycles. The first-order chi connectivity index (χ1) is 12.7. The lowest BCUT2D eigenvalue weighted by molar-refractivity contribution is -0.151. The number of ether oxygens (including phenoxy) is 2. The van der Waals surface area contributed by atoms with Crippen LogP contribution in [0.1, 0.15) is 68.2 Å². The lowest BCUT2D eigenvalue weighted by Gasteiger charge is -2.40. The summed E-state index contributed by atoms with van der Waals surface area (Å²) in [7, 11) is 0. The molecule has 1 rings (SSSR count). The molecule has 28 heavy (non-hydrogen) atoms. The van der Waals surface area contributed by atoms with Crippen LogP contribution in [0.2, 0.25) is 0 Å². The molecule has 0 saturated carbocycles. The van der Waals surface area contributed by atoms with Crippen molar-refractivity contribution >= 4 is 18.0 Å². The van der Waals surface area contributed by atoms with Crippen molar-refractivity contribution in [3.63, 3.8) is 0 Å². The molecule has 1 N–H and O–H groups in total. The molecule has 0 aromatic carbocycles. The minimum Gasteiger partial charge on any atom is -0.463 e. The Balaban J connectivity index is 2.65. The minimum atomic E-state index is -0.664. The molecule has 1 saturated heterocycles. The summed E-state index contributed by atoms with van der Waals surface area (Å²) in [4.78, 5) is 38.8. The molecule has 0 radical (unpaired) electrons. The van der Waals surface area contributed by atoms with Crippen molar-refractivity contribution < 1.29 is 23.9 Å². The normalized spacial score (nSPS) is 19.2. The Morgan fingerprint density at radius 2 is 1.71 bits per heavy atom. The molecule has 0 aliphatic carbocycles. The van der Waals surface area contributed by atoms with Crippen molar-refractivity contribution in [2.45, 2.75) is 79.9 Å². The Morgan fingerprint density at radius 1 is 1.11 bits per heavy atom. The summed E-state index contributed by atoms with van der Waals surface area (Å²) >= 11 is 0. The fourth-order valence-electron chi connectivity index (χ4n) is 3.15. The molecule has 162 valence electrons. The zero-order valence-electron chi connectivity index (χ0n) is 18.8. The van der Waals surface area contributed by atoms with Crippen LogP contribution in [-0.2, 0) is 19.1 Å². The molecule has 0 aromatic heterocycles. The van der Waals surface area contributed by atoms with Crippen molar-refractivity contribution in [1.29, 1.82) is 0 Å². The van der Waals surface area contributed by atoms with Gasteiger partial charge in [-0.2, -0.15) is 0 Å². The number of hydrogen-bond donors (Lipinski definition) is 1. The summed E-state index contributed by atoms with van der Waals surface area (Å²) in [6.45, 7) is 16.0. The van der Waals surface area contributed by atoms with Gasteiger partial charge in [0.05, 0.1) is 12.0 Å². The number of rotatable bonds is 6. The van der Waals surface area contributed by atoms with E-state index in [4.69, 9.17) is 9.47 Å². The number of esters is 1. The SMILES string of the molecule is CC(C)OC(=O)[C@@H](C)CNC(=O)C(C)(C)[C@H]1CCCN(C(=O)OC(C)(C)C)C1. The maximum Gasteiger partial charge on any atom is 0.410 e. The molecule has 2 amide bonds. The van der Waals surface area contributed by atoms with Gasteiger partial charge in [-0.05, 0) is 53.4 Å². The van der Waals surface area contributed by atoms with Gasteiger partial charge in [0.25, 0.3) is 0 Å². The molecule has 1 aliphatic heterocycles. The molecule has 0 spiro atoms. The smallest absolute Gasteiger partial charge is 0.410 e. The summed E-state index contributed by atoms with van der Waals surface area (Å²) in [5.41, 5.74) is -1.21. The van der Waals surface area contributed by atoms with Gasteiger partial charge in [-0.25, -0.2) is 4.79 Å². The van der Waals surface area contributed by atoms with E-state index in [1.165, 1.54) is 0 Å². The predicted octanol–water partition coefficient (Wildman–Crippen LogP) is 3.36. The number of carbonyl (C=O) groups excluding carboxylic acids is 3. The zero-order chi connectivity index (χ0) is 21.7. The van der Waals surface area contributed by atoms with E-state index >= 15 is 0 Å². The average Bonchev–Trinajstić information content (AvgIpc) is 2.57. The van der Waals surface area contributed by atoms with Gasteiger partial charge in [0.1, 0.15) is 5.60 Å². The third-order valence-electron chi connectivity index (χ3n) is 5.00. The Morgan fingerprint density at radius 3 is 2.25 bits per heavy atom. The topological polar surface area (TPSA) is 84.9 Å². The molecule has 0 unspecified atom stereocenters. The van der Waals surface area contributed by atoms with Crippen molar-refractivity contribution in [3.8, 4) is 0 Å². The maximum absolute atomic E-state index is 12.8. The van der Waals surface area contributed by atoms with E-state index in [1.54, 1.807) is 25.7 Å². The third kappa shape index (κ3) is 7.32. The second-order valence-corrected chi connectivity index (χ2v) is 9.58. The van der Waals surface area contributed by atoms with Crippen LogP contribution >= 0.6 is 0 Å². The van der Waals surface area contributed by atoms with Crippen LogP contribution in [0.25, 0.3) is 0 Å². The van der Waals surface area contributed by atoms with Gasteiger partial charge in [0, 0.05) is 25.0 Å². The van der Waals surface area contributed by atoms with E-state index in [1.807, 2.05) is 34.6 Å². The molecule has 1 fully saturated rings. The second kappa shape index (κ2) is 9.61. The largest absolute Gasteiger partial charge is 0.463 e. The Kier molecular flexibility index (Phi) is 8.32. The van der Waals surface area contributed by atoms with Crippen LogP contribution in [0.4, 0.5) is 4.79 Å². The van der Waals surface area contributed by atoms with Gasteiger partial charge in [-0.15, -0.1) is 0 Å². The minimum absolute atomic E-state index is 0.0201. The fraction of sp³-hybridized carbons (Fsp3) is 0.857. The monoisotopic (exact) mass is 398 g/mol. The Labute approximate surface area is 169 Å². The molecule has 1 aliphatic rings. The van der Waals surface area contributed by atoms with E-state index < -0.39 is 16.9 Å². The highest BCUT2D eigenvalue weighted by molar-refractivity contribution is 5.83. The molecule has 2 atom stereocenters. The van der Waals surface area contributed by atoms with E-state index in [2.05, 4.69) is 5.32 Å². The molecule has 0 bridgehead atoms. The summed E-state index contributed by atoms with van der Waals surface area (Å²) < 4.78 is 10.6. The maximum atomic E-state index is 12.8. The van der Waals surface area contributed by atoms with Gasteiger partial charge in [-0.1, -0.05) is 20.8 Å². The first-order valence-electron chi connectivity index (χ1n) is 10.2. The highest BCUT2D eigenvalue weighted by Gasteiger charge is 2.40. The van der Waals surface area contributed by atoms with Crippen molar-refractivity contribution in [2.75, 3.05) is 19.6 Å². The zero-order valence-corrected chi connectivity index (χ0v) is 18.8. The van der Waals surface area contributed by atoms with Crippen LogP contribution < -0.4 is 5.32 Å². The van der Waals surface area contributed by atoms with Crippen molar-refractivity contribution in [2.24, 2.45) is 17.3 Å². The number of likely N-dealkylation sites (tertiary alicyclic amines) is 1. The first kappa shape index (κ1) is 24.2. The summed E-state index contributed by atoms with van der Waals surface area (Å²) in [5, 5.41) is 2.88. The standard InChI is InChI=1S/C21H38N2O5/c1-14(2)27-17(24)15(3)12-22-18(25)21(7,8)16-10-9-11-23(13-16)19(26)28-20(4,5)6/h14-16H,9-13H2,1-8H3,(H,22,25)/t15-,16-/m0/s1. The van der Waals surface area contributed by atoms with Crippen molar-refractivity contribution in [1.82, 2.24) is 10.2 Å². The first-order valence-corrected chi connectivity index (χ1v) is 10.2. The number of piperidine rings is 1. The highest BCUT2D eigenvalue weighted by atomic mass is 16.6. The van der Waals surface area contributed by atoms with E-state index in [-0.39, 0.29) is 36.5 Å². The van der Waals surface area contributed by atoms with Crippen LogP contribution in [0.5, 0.6) is 0 Å². The second-order valence-electron chi connectivity index (χ2n) is 9.58. The number of nitrogens with one attached hydrogen (secondary N) is 1. The molecule has 0 aromatic rings. The van der Waals surface area contributed by atoms with Gasteiger partial charge in [-0.3, -0.25) is 9.59 Å². The van der Waals surface area contributed by atoms with E-state index in [0.29, 0.717) is 13.1 Å². The Bertz CT molecular complexity index is 566. The van der Waals surface area contributed by atoms with E-state index in [9.17, 15) is 14.4 Å². The van der Waals surface area contributed by atoms with Gasteiger partial charge >= 0.3 is 12.1 Å². The van der Waals surface area contributed by atoms with Crippen LogP contribution in [0.3, 0.4) is 0 Å². The molecular weight excluding hydrogens is 360 g/mol. The molecule has 7 nitrogen and oxygen atoms in total. The molecular formula is C21H38N2O5. The number of hydrogen-bond acceptors (Lipinski definition) is 5. The summed E-state index contributed by atoms with van der Waals surface area (Å²) in [5.74, 6) is -0.826. The highest BCUT2D eigenvalue weighted by Crippen LogP contribution is 2.34. The van der Waals surface area contributed by atoms with Gasteiger partial charge < -0.3 is 19.7 Å². The summed E-state index contributed by atoms with van der Waals surface area (Å²) in [6.07, 6.45) is 1.18. The van der Waals surface area contributed by atoms with Gasteiger partial charge in [0.15, 0.2) is 0 Å². The average molecular weight is 399 g/mol. The Hall–Kier alpha value is -1.79. The number of carbonyl (C=O) groups is 3. The van der Waals surface area contributed by atoms with Gasteiger partial charge in [0.2, 0.25) is 5.91 Å². The lowest BCUT2D eigenvalue weighted by atomic mass is 9.74. The molecule has 7 heteroatoms. The quantitative estimate of drug-likeness (QED) is 0.694.